The van der Waals surface area contributed by atoms with Crippen LogP contribution >= 0.6 is 23.2 Å². The summed E-state index contributed by atoms with van der Waals surface area (Å²) < 4.78 is 4.92. The number of benzene rings is 1. The van der Waals surface area contributed by atoms with E-state index in [1.165, 1.54) is 0 Å². The number of ether oxygens (including phenoxy) is 1. The standard InChI is InChI=1S/C18H19Cl2N5O2/c1-2-27-18(26)6-5-15-21-9-7-16(22-15)23-17-8-10-25(24-17)12-3-4-13(19)14(20)11-12/h3-4,7,9,11H,2,5-6,8,10H2,1H3,(H,21,22,23,24). The third-order valence-corrected chi connectivity index (χ3v) is 4.59. The van der Waals surface area contributed by atoms with E-state index < -0.39 is 0 Å². The summed E-state index contributed by atoms with van der Waals surface area (Å²) >= 11 is 12.0. The summed E-state index contributed by atoms with van der Waals surface area (Å²) in [5.74, 6) is 1.63. The van der Waals surface area contributed by atoms with Crippen molar-refractivity contribution < 1.29 is 9.53 Å². The molecule has 3 rings (SSSR count). The monoisotopic (exact) mass is 407 g/mol. The molecule has 1 aromatic carbocycles. The number of amidine groups is 1. The molecule has 0 radical (unpaired) electrons. The first-order valence-corrected chi connectivity index (χ1v) is 9.35. The first kappa shape index (κ1) is 19.4. The number of anilines is 1. The van der Waals surface area contributed by atoms with Crippen LogP contribution in [0.1, 0.15) is 25.6 Å². The van der Waals surface area contributed by atoms with Crippen molar-refractivity contribution in [3.63, 3.8) is 0 Å². The summed E-state index contributed by atoms with van der Waals surface area (Å²) in [7, 11) is 0. The number of carbonyl (C=O) groups is 1. The minimum atomic E-state index is -0.257. The highest BCUT2D eigenvalue weighted by atomic mass is 35.5. The summed E-state index contributed by atoms with van der Waals surface area (Å²) in [4.78, 5) is 24.6. The number of aryl methyl sites for hydroxylation is 1. The predicted molar refractivity (Wildman–Crippen MR) is 106 cm³/mol. The van der Waals surface area contributed by atoms with Crippen LogP contribution in [-0.4, -0.2) is 34.9 Å². The van der Waals surface area contributed by atoms with E-state index in [-0.39, 0.29) is 12.4 Å². The van der Waals surface area contributed by atoms with E-state index in [1.807, 2.05) is 11.1 Å². The maximum atomic E-state index is 11.5. The normalized spacial score (nSPS) is 15.1. The molecule has 0 aliphatic carbocycles. The molecule has 0 saturated carbocycles. The Morgan fingerprint density at radius 3 is 2.96 bits per heavy atom. The molecule has 2 aromatic rings. The van der Waals surface area contributed by atoms with Crippen LogP contribution in [0, 0.1) is 0 Å². The molecule has 1 aliphatic rings. The van der Waals surface area contributed by atoms with Gasteiger partial charge < -0.3 is 4.74 Å². The number of hydrazine groups is 1. The van der Waals surface area contributed by atoms with Crippen molar-refractivity contribution in [3.8, 4) is 0 Å². The van der Waals surface area contributed by atoms with Gasteiger partial charge in [0.05, 0.1) is 28.8 Å². The topological polar surface area (TPSA) is 79.7 Å². The van der Waals surface area contributed by atoms with Gasteiger partial charge in [-0.1, -0.05) is 23.2 Å². The van der Waals surface area contributed by atoms with Crippen LogP contribution in [0.2, 0.25) is 10.0 Å². The molecule has 1 N–H and O–H groups in total. The third kappa shape index (κ3) is 5.30. The molecule has 9 heteroatoms. The van der Waals surface area contributed by atoms with E-state index in [4.69, 9.17) is 27.9 Å². The van der Waals surface area contributed by atoms with Crippen LogP contribution in [-0.2, 0) is 16.0 Å². The van der Waals surface area contributed by atoms with Crippen molar-refractivity contribution in [3.05, 3.63) is 46.3 Å². The summed E-state index contributed by atoms with van der Waals surface area (Å²) in [6.07, 6.45) is 3.04. The zero-order chi connectivity index (χ0) is 19.2. The molecular formula is C18H19Cl2N5O2. The van der Waals surface area contributed by atoms with Crippen LogP contribution < -0.4 is 10.4 Å². The van der Waals surface area contributed by atoms with Crippen LogP contribution in [0.3, 0.4) is 0 Å². The number of esters is 1. The van der Waals surface area contributed by atoms with Crippen molar-refractivity contribution in [2.45, 2.75) is 26.2 Å². The van der Waals surface area contributed by atoms with Gasteiger partial charge in [-0.05, 0) is 25.1 Å². The lowest BCUT2D eigenvalue weighted by Gasteiger charge is -2.18. The highest BCUT2D eigenvalue weighted by Crippen LogP contribution is 2.27. The van der Waals surface area contributed by atoms with E-state index in [0.29, 0.717) is 34.7 Å². The van der Waals surface area contributed by atoms with Crippen molar-refractivity contribution in [2.75, 3.05) is 18.2 Å². The van der Waals surface area contributed by atoms with Gasteiger partial charge in [-0.3, -0.25) is 15.2 Å². The lowest BCUT2D eigenvalue weighted by atomic mass is 10.3. The Hall–Kier alpha value is -2.38. The number of rotatable bonds is 6. The largest absolute Gasteiger partial charge is 0.466 e. The van der Waals surface area contributed by atoms with E-state index in [2.05, 4.69) is 20.4 Å². The fraction of sp³-hybridized carbons (Fsp3) is 0.333. The van der Waals surface area contributed by atoms with Gasteiger partial charge in [-0.15, -0.1) is 0 Å². The number of aliphatic imine (C=N–C) groups is 1. The lowest BCUT2D eigenvalue weighted by Crippen LogP contribution is -2.33. The van der Waals surface area contributed by atoms with Crippen molar-refractivity contribution >= 4 is 46.5 Å². The number of nitrogens with zero attached hydrogens (tertiary/aromatic N) is 4. The second-order valence-electron chi connectivity index (χ2n) is 5.81. The number of nitrogens with one attached hydrogen (secondary N) is 1. The molecule has 1 aliphatic heterocycles. The highest BCUT2D eigenvalue weighted by Gasteiger charge is 2.18. The third-order valence-electron chi connectivity index (χ3n) is 3.85. The number of hydrogen-bond acceptors (Lipinski definition) is 6. The number of halogens is 2. The Morgan fingerprint density at radius 2 is 2.19 bits per heavy atom. The highest BCUT2D eigenvalue weighted by molar-refractivity contribution is 6.42. The molecule has 1 saturated heterocycles. The molecule has 27 heavy (non-hydrogen) atoms. The first-order valence-electron chi connectivity index (χ1n) is 8.59. The minimum absolute atomic E-state index is 0.247. The summed E-state index contributed by atoms with van der Waals surface area (Å²) in [6, 6.07) is 7.18. The van der Waals surface area contributed by atoms with Crippen LogP contribution in [0.5, 0.6) is 0 Å². The van der Waals surface area contributed by atoms with Gasteiger partial charge in [0.25, 0.3) is 0 Å². The maximum absolute atomic E-state index is 11.5. The summed E-state index contributed by atoms with van der Waals surface area (Å²) in [5.41, 5.74) is 4.15. The van der Waals surface area contributed by atoms with Crippen LogP contribution in [0.15, 0.2) is 35.5 Å². The van der Waals surface area contributed by atoms with Crippen molar-refractivity contribution in [2.24, 2.45) is 4.99 Å². The van der Waals surface area contributed by atoms with Gasteiger partial charge in [0, 0.05) is 31.6 Å². The van der Waals surface area contributed by atoms with Crippen LogP contribution in [0.25, 0.3) is 0 Å². The van der Waals surface area contributed by atoms with E-state index in [9.17, 15) is 4.79 Å². The number of aromatic nitrogens is 2. The lowest BCUT2D eigenvalue weighted by molar-refractivity contribution is -0.143. The van der Waals surface area contributed by atoms with Gasteiger partial charge in [0.2, 0.25) is 0 Å². The van der Waals surface area contributed by atoms with Crippen LogP contribution in [0.4, 0.5) is 11.5 Å². The molecule has 7 nitrogen and oxygen atoms in total. The molecule has 1 fully saturated rings. The van der Waals surface area contributed by atoms with Gasteiger partial charge in [-0.2, -0.15) is 0 Å². The van der Waals surface area contributed by atoms with E-state index in [0.717, 1.165) is 24.5 Å². The molecular weight excluding hydrogens is 389 g/mol. The molecule has 0 unspecified atom stereocenters. The first-order chi connectivity index (χ1) is 13.0. The molecule has 1 aromatic heterocycles. The summed E-state index contributed by atoms with van der Waals surface area (Å²) in [5, 5.41) is 2.97. The molecule has 0 amide bonds. The minimum Gasteiger partial charge on any atom is -0.466 e. The Kier molecular flexibility index (Phi) is 6.47. The molecule has 0 atom stereocenters. The molecule has 2 heterocycles. The van der Waals surface area contributed by atoms with Gasteiger partial charge in [-0.25, -0.2) is 15.0 Å². The zero-order valence-corrected chi connectivity index (χ0v) is 16.3. The Balaban J connectivity index is 1.64. The van der Waals surface area contributed by atoms with Gasteiger partial charge >= 0.3 is 5.97 Å². The SMILES string of the molecule is CCOC(=O)CCc1nccc(N=C2CCN(c3ccc(Cl)c(Cl)c3)N2)n1. The Morgan fingerprint density at radius 1 is 1.33 bits per heavy atom. The second-order valence-corrected chi connectivity index (χ2v) is 6.62. The summed E-state index contributed by atoms with van der Waals surface area (Å²) in [6.45, 7) is 2.90. The number of carbonyl (C=O) groups excluding carboxylic acids is 1. The maximum Gasteiger partial charge on any atom is 0.306 e. The smallest absolute Gasteiger partial charge is 0.306 e. The number of hydrogen-bond donors (Lipinski definition) is 1. The molecule has 0 spiro atoms. The van der Waals surface area contributed by atoms with Gasteiger partial charge in [0.15, 0.2) is 5.82 Å². The van der Waals surface area contributed by atoms with Crippen molar-refractivity contribution in [1.29, 1.82) is 0 Å². The predicted octanol–water partition coefficient (Wildman–Crippen LogP) is 3.72. The van der Waals surface area contributed by atoms with Crippen molar-refractivity contribution in [1.82, 2.24) is 15.4 Å². The average Bonchev–Trinajstić information content (AvgIpc) is 3.11. The Labute approximate surface area is 167 Å². The quantitative estimate of drug-likeness (QED) is 0.734. The van der Waals surface area contributed by atoms with E-state index in [1.54, 1.807) is 31.3 Å². The second kappa shape index (κ2) is 9.01. The van der Waals surface area contributed by atoms with E-state index >= 15 is 0 Å². The average molecular weight is 408 g/mol. The van der Waals surface area contributed by atoms with Gasteiger partial charge in [0.1, 0.15) is 11.7 Å². The zero-order valence-electron chi connectivity index (χ0n) is 14.8. The molecule has 142 valence electrons. The fourth-order valence-corrected chi connectivity index (χ4v) is 2.86. The fourth-order valence-electron chi connectivity index (χ4n) is 2.57. The Bertz CT molecular complexity index is 859. The molecule has 0 bridgehead atoms.